The molecule has 0 aromatic heterocycles. The number of anilines is 3. The molecule has 0 aliphatic carbocycles. The average molecular weight is 407 g/mol. The van der Waals surface area contributed by atoms with Gasteiger partial charge in [-0.15, -0.1) is 24.2 Å². The number of nitrogens with zero attached hydrogens (tertiary/aromatic N) is 1. The number of para-hydroxylation sites is 1. The molecule has 27 heavy (non-hydrogen) atoms. The molecule has 8 heteroatoms. The molecule has 0 radical (unpaired) electrons. The maximum atomic E-state index is 12.6. The monoisotopic (exact) mass is 406 g/mol. The highest BCUT2D eigenvalue weighted by Crippen LogP contribution is 2.31. The van der Waals surface area contributed by atoms with E-state index in [1.165, 1.54) is 11.8 Å². The molecule has 0 saturated heterocycles. The van der Waals surface area contributed by atoms with E-state index < -0.39 is 5.91 Å². The Hall–Kier alpha value is -2.38. The third kappa shape index (κ3) is 5.30. The van der Waals surface area contributed by atoms with E-state index in [1.807, 2.05) is 42.5 Å². The van der Waals surface area contributed by atoms with Gasteiger partial charge in [-0.05, 0) is 42.7 Å². The Morgan fingerprint density at radius 2 is 1.93 bits per heavy atom. The van der Waals surface area contributed by atoms with Gasteiger partial charge in [0.05, 0.1) is 18.0 Å². The molecule has 1 aliphatic rings. The van der Waals surface area contributed by atoms with Gasteiger partial charge in [-0.2, -0.15) is 0 Å². The molecular formula is C19H23ClN4O2S. The fraction of sp³-hybridized carbons (Fsp3) is 0.263. The van der Waals surface area contributed by atoms with Crippen LogP contribution in [0.15, 0.2) is 47.4 Å². The molecule has 0 saturated carbocycles. The summed E-state index contributed by atoms with van der Waals surface area (Å²) < 4.78 is 0. The lowest BCUT2D eigenvalue weighted by molar-refractivity contribution is -0.116. The molecule has 2 aromatic rings. The summed E-state index contributed by atoms with van der Waals surface area (Å²) in [7, 11) is 0. The maximum absolute atomic E-state index is 12.6. The van der Waals surface area contributed by atoms with Crippen molar-refractivity contribution in [1.29, 1.82) is 0 Å². The molecule has 1 heterocycles. The lowest BCUT2D eigenvalue weighted by Gasteiger charge is -2.31. The number of nitrogens with one attached hydrogen (secondary N) is 1. The second kappa shape index (κ2) is 9.53. The number of carbonyl (C=O) groups is 2. The van der Waals surface area contributed by atoms with Crippen molar-refractivity contribution in [2.45, 2.75) is 17.7 Å². The van der Waals surface area contributed by atoms with Crippen LogP contribution in [-0.4, -0.2) is 30.7 Å². The molecule has 2 amide bonds. The SMILES string of the molecule is Cl.NC(=O)CSc1ccccc1NC(=O)CN1CCCc2c(N)cccc21. The van der Waals surface area contributed by atoms with Crippen molar-refractivity contribution in [3.63, 3.8) is 0 Å². The Labute approximate surface area is 169 Å². The number of hydrogen-bond acceptors (Lipinski definition) is 5. The van der Waals surface area contributed by atoms with Crippen molar-refractivity contribution >= 4 is 53.0 Å². The van der Waals surface area contributed by atoms with Gasteiger partial charge in [0.25, 0.3) is 0 Å². The van der Waals surface area contributed by atoms with Gasteiger partial charge in [-0.3, -0.25) is 9.59 Å². The number of nitrogens with two attached hydrogens (primary N) is 2. The smallest absolute Gasteiger partial charge is 0.243 e. The summed E-state index contributed by atoms with van der Waals surface area (Å²) in [5.41, 5.74) is 14.9. The minimum absolute atomic E-state index is 0. The first-order valence-corrected chi connectivity index (χ1v) is 9.45. The van der Waals surface area contributed by atoms with Crippen LogP contribution in [0.3, 0.4) is 0 Å². The molecule has 2 aromatic carbocycles. The van der Waals surface area contributed by atoms with E-state index in [0.29, 0.717) is 5.69 Å². The number of amides is 2. The van der Waals surface area contributed by atoms with E-state index in [0.717, 1.165) is 41.2 Å². The minimum atomic E-state index is -0.390. The van der Waals surface area contributed by atoms with Crippen molar-refractivity contribution in [3.8, 4) is 0 Å². The second-order valence-electron chi connectivity index (χ2n) is 6.17. The number of thioether (sulfide) groups is 1. The highest BCUT2D eigenvalue weighted by molar-refractivity contribution is 8.00. The van der Waals surface area contributed by atoms with Gasteiger partial charge in [0.2, 0.25) is 11.8 Å². The second-order valence-corrected chi connectivity index (χ2v) is 7.19. The number of nitrogen functional groups attached to an aromatic ring is 1. The Kier molecular flexibility index (Phi) is 7.38. The summed E-state index contributed by atoms with van der Waals surface area (Å²) in [6.45, 7) is 1.08. The van der Waals surface area contributed by atoms with E-state index in [2.05, 4.69) is 10.2 Å². The van der Waals surface area contributed by atoms with Crippen LogP contribution in [-0.2, 0) is 16.0 Å². The van der Waals surface area contributed by atoms with Crippen LogP contribution in [0.25, 0.3) is 0 Å². The molecule has 0 unspecified atom stereocenters. The number of rotatable bonds is 6. The van der Waals surface area contributed by atoms with Crippen molar-refractivity contribution in [2.24, 2.45) is 5.73 Å². The van der Waals surface area contributed by atoms with Crippen molar-refractivity contribution < 1.29 is 9.59 Å². The fourth-order valence-electron chi connectivity index (χ4n) is 3.10. The molecule has 6 nitrogen and oxygen atoms in total. The Bertz CT molecular complexity index is 831. The third-order valence-corrected chi connectivity index (χ3v) is 5.34. The summed E-state index contributed by atoms with van der Waals surface area (Å²) in [5.74, 6) is -0.322. The summed E-state index contributed by atoms with van der Waals surface area (Å²) in [5, 5.41) is 2.94. The lowest BCUT2D eigenvalue weighted by atomic mass is 10.00. The quantitative estimate of drug-likeness (QED) is 0.505. The Morgan fingerprint density at radius 3 is 2.70 bits per heavy atom. The van der Waals surface area contributed by atoms with Crippen LogP contribution >= 0.6 is 24.2 Å². The fourth-order valence-corrected chi connectivity index (χ4v) is 3.85. The summed E-state index contributed by atoms with van der Waals surface area (Å²) >= 11 is 1.31. The standard InChI is InChI=1S/C19H22N4O2S.ClH/c20-14-6-3-8-16-13(14)5-4-10-23(16)11-19(25)22-15-7-1-2-9-17(15)26-12-18(21)24;/h1-3,6-9H,4-5,10-12,20H2,(H2,21,24)(H,22,25);1H. The summed E-state index contributed by atoms with van der Waals surface area (Å²) in [6.07, 6.45) is 1.91. The Morgan fingerprint density at radius 1 is 1.15 bits per heavy atom. The zero-order valence-corrected chi connectivity index (χ0v) is 16.4. The molecule has 3 rings (SSSR count). The number of primary amides is 1. The highest BCUT2D eigenvalue weighted by Gasteiger charge is 2.21. The van der Waals surface area contributed by atoms with Crippen molar-refractivity contribution in [2.75, 3.05) is 34.8 Å². The highest BCUT2D eigenvalue weighted by atomic mass is 35.5. The molecule has 0 fully saturated rings. The van der Waals surface area contributed by atoms with Gasteiger partial charge in [-0.25, -0.2) is 0 Å². The zero-order valence-electron chi connectivity index (χ0n) is 14.8. The van der Waals surface area contributed by atoms with E-state index >= 15 is 0 Å². The van der Waals surface area contributed by atoms with Crippen molar-refractivity contribution in [3.05, 3.63) is 48.0 Å². The molecule has 1 aliphatic heterocycles. The molecule has 144 valence electrons. The lowest BCUT2D eigenvalue weighted by Crippen LogP contribution is -2.37. The first-order valence-electron chi connectivity index (χ1n) is 8.47. The van der Waals surface area contributed by atoms with Crippen LogP contribution in [0.1, 0.15) is 12.0 Å². The van der Waals surface area contributed by atoms with E-state index in [-0.39, 0.29) is 30.6 Å². The van der Waals surface area contributed by atoms with Crippen LogP contribution in [0.2, 0.25) is 0 Å². The van der Waals surface area contributed by atoms with Crippen molar-refractivity contribution in [1.82, 2.24) is 0 Å². The van der Waals surface area contributed by atoms with Crippen LogP contribution < -0.4 is 21.7 Å². The van der Waals surface area contributed by atoms with E-state index in [9.17, 15) is 9.59 Å². The summed E-state index contributed by atoms with van der Waals surface area (Å²) in [4.78, 5) is 26.5. The van der Waals surface area contributed by atoms with Gasteiger partial charge >= 0.3 is 0 Å². The third-order valence-electron chi connectivity index (χ3n) is 4.25. The normalized spacial score (nSPS) is 12.7. The van der Waals surface area contributed by atoms with Gasteiger partial charge in [-0.1, -0.05) is 18.2 Å². The average Bonchev–Trinajstić information content (AvgIpc) is 2.62. The first-order chi connectivity index (χ1) is 12.5. The number of benzene rings is 2. The number of halogens is 1. The van der Waals surface area contributed by atoms with E-state index in [1.54, 1.807) is 0 Å². The number of hydrogen-bond donors (Lipinski definition) is 3. The largest absolute Gasteiger partial charge is 0.398 e. The van der Waals surface area contributed by atoms with Crippen LogP contribution in [0.5, 0.6) is 0 Å². The predicted octanol–water partition coefficient (Wildman–Crippen LogP) is 2.66. The zero-order chi connectivity index (χ0) is 18.5. The molecule has 0 bridgehead atoms. The predicted molar refractivity (Wildman–Crippen MR) is 114 cm³/mol. The van der Waals surface area contributed by atoms with Gasteiger partial charge in [0.1, 0.15) is 0 Å². The van der Waals surface area contributed by atoms with Crippen LogP contribution in [0.4, 0.5) is 17.1 Å². The topological polar surface area (TPSA) is 101 Å². The minimum Gasteiger partial charge on any atom is -0.398 e. The summed E-state index contributed by atoms with van der Waals surface area (Å²) in [6, 6.07) is 13.2. The number of carbonyl (C=O) groups excluding carboxylic acids is 2. The molecular weight excluding hydrogens is 384 g/mol. The molecule has 0 atom stereocenters. The maximum Gasteiger partial charge on any atom is 0.243 e. The molecule has 0 spiro atoms. The van der Waals surface area contributed by atoms with Gasteiger partial charge < -0.3 is 21.7 Å². The van der Waals surface area contributed by atoms with Gasteiger partial charge in [0, 0.05) is 22.8 Å². The molecule has 5 N–H and O–H groups in total. The Balaban J connectivity index is 0.00000261. The van der Waals surface area contributed by atoms with Crippen LogP contribution in [0, 0.1) is 0 Å². The number of fused-ring (bicyclic) bond motifs is 1. The van der Waals surface area contributed by atoms with E-state index in [4.69, 9.17) is 11.5 Å². The first kappa shape index (κ1) is 20.9. The van der Waals surface area contributed by atoms with Gasteiger partial charge in [0.15, 0.2) is 0 Å².